The van der Waals surface area contributed by atoms with E-state index in [4.69, 9.17) is 33.3 Å². The lowest BCUT2D eigenvalue weighted by molar-refractivity contribution is -0.130. The van der Waals surface area contributed by atoms with Crippen molar-refractivity contribution in [2.75, 3.05) is 12.4 Å². The second-order valence-electron chi connectivity index (χ2n) is 8.30. The summed E-state index contributed by atoms with van der Waals surface area (Å²) in [5.74, 6) is -0.789. The molecule has 3 rings (SSSR count). The number of halogens is 1. The predicted molar refractivity (Wildman–Crippen MR) is 118 cm³/mol. The Morgan fingerprint density at radius 3 is 2.67 bits per heavy atom. The maximum atomic E-state index is 13.3. The highest BCUT2D eigenvalue weighted by Gasteiger charge is 2.49. The van der Waals surface area contributed by atoms with Crippen LogP contribution in [0.4, 0.5) is 10.5 Å². The number of para-hydroxylation sites is 1. The Balaban J connectivity index is 1.96. The van der Waals surface area contributed by atoms with Gasteiger partial charge in [0.05, 0.1) is 23.9 Å². The summed E-state index contributed by atoms with van der Waals surface area (Å²) in [6.45, 7) is 5.20. The van der Waals surface area contributed by atoms with E-state index in [1.165, 1.54) is 7.11 Å². The maximum absolute atomic E-state index is 13.3. The molecule has 1 aromatic carbocycles. The molecule has 1 saturated carbocycles. The van der Waals surface area contributed by atoms with Crippen molar-refractivity contribution < 1.29 is 24.2 Å². The van der Waals surface area contributed by atoms with Gasteiger partial charge in [0.2, 0.25) is 0 Å². The van der Waals surface area contributed by atoms with Crippen LogP contribution < -0.4 is 10.1 Å². The lowest BCUT2D eigenvalue weighted by Gasteiger charge is -2.37. The number of benzene rings is 1. The fourth-order valence-electron chi connectivity index (χ4n) is 3.88. The van der Waals surface area contributed by atoms with Crippen molar-refractivity contribution in [2.45, 2.75) is 51.7 Å². The van der Waals surface area contributed by atoms with Gasteiger partial charge >= 0.3 is 6.09 Å². The summed E-state index contributed by atoms with van der Waals surface area (Å²) in [5, 5.41) is 14.2. The number of rotatable bonds is 3. The molecule has 30 heavy (non-hydrogen) atoms. The molecule has 2 amide bonds. The highest BCUT2D eigenvalue weighted by atomic mass is 35.5. The van der Waals surface area contributed by atoms with Crippen molar-refractivity contribution in [3.8, 4) is 5.75 Å². The number of hydrogen-bond donors (Lipinski definition) is 2. The minimum Gasteiger partial charge on any atom is -0.511 e. The first kappa shape index (κ1) is 22.4. The Morgan fingerprint density at radius 2 is 2.03 bits per heavy atom. The summed E-state index contributed by atoms with van der Waals surface area (Å²) in [4.78, 5) is 27.2. The number of fused-ring (bicyclic) bond motifs is 1. The normalized spacial score (nSPS) is 21.4. The Labute approximate surface area is 186 Å². The minimum atomic E-state index is -0.762. The molecule has 1 aromatic rings. The number of carbonyl (C=O) groups excluding carboxylic acids is 2. The van der Waals surface area contributed by atoms with E-state index >= 15 is 0 Å². The minimum absolute atomic E-state index is 0.0167. The first-order valence-electron chi connectivity index (χ1n) is 9.68. The van der Waals surface area contributed by atoms with Crippen LogP contribution in [0.5, 0.6) is 5.75 Å². The highest BCUT2D eigenvalue weighted by molar-refractivity contribution is 7.81. The van der Waals surface area contributed by atoms with Crippen LogP contribution in [0, 0.1) is 5.92 Å². The largest absolute Gasteiger partial charge is 0.511 e. The van der Waals surface area contributed by atoms with E-state index in [2.05, 4.69) is 5.32 Å². The van der Waals surface area contributed by atoms with Crippen LogP contribution in [-0.4, -0.2) is 45.7 Å². The lowest BCUT2D eigenvalue weighted by Crippen LogP contribution is -2.53. The van der Waals surface area contributed by atoms with Crippen molar-refractivity contribution in [3.63, 3.8) is 0 Å². The molecule has 1 heterocycles. The van der Waals surface area contributed by atoms with Gasteiger partial charge in [-0.1, -0.05) is 36.3 Å². The molecule has 2 aliphatic rings. The molecule has 7 nitrogen and oxygen atoms in total. The van der Waals surface area contributed by atoms with Gasteiger partial charge in [-0.3, -0.25) is 4.79 Å². The predicted octanol–water partition coefficient (Wildman–Crippen LogP) is 4.85. The van der Waals surface area contributed by atoms with Gasteiger partial charge < -0.3 is 19.9 Å². The standard InChI is InChI=1S/C21H25ClN2O5S/c1-21(2,3)29-20(27)24-14-10-5-7-11(14)16(25)15(19(24)26)18(30)23-13-9-6-8-12(22)17(13)28-4/h6,8-9,11,14,25H,5,7,10H2,1-4H3,(H,23,30)/t11-,14+/m0/s1. The van der Waals surface area contributed by atoms with Crippen LogP contribution in [0.25, 0.3) is 0 Å². The molecule has 162 valence electrons. The smallest absolute Gasteiger partial charge is 0.417 e. The number of imide groups is 1. The molecule has 0 spiro atoms. The molecule has 9 heteroatoms. The van der Waals surface area contributed by atoms with Gasteiger partial charge in [-0.15, -0.1) is 0 Å². The number of nitrogens with zero attached hydrogens (tertiary/aromatic N) is 1. The van der Waals surface area contributed by atoms with Crippen molar-refractivity contribution in [1.29, 1.82) is 0 Å². The molecular weight excluding hydrogens is 428 g/mol. The molecule has 0 aromatic heterocycles. The van der Waals surface area contributed by atoms with E-state index in [1.54, 1.807) is 39.0 Å². The van der Waals surface area contributed by atoms with Gasteiger partial charge in [-0.05, 0) is 45.7 Å². The molecule has 1 fully saturated rings. The second-order valence-corrected chi connectivity index (χ2v) is 9.11. The Hall–Kier alpha value is -2.32. The average molecular weight is 453 g/mol. The van der Waals surface area contributed by atoms with Crippen LogP contribution in [-0.2, 0) is 9.53 Å². The molecule has 0 saturated heterocycles. The molecule has 0 unspecified atom stereocenters. The van der Waals surface area contributed by atoms with Crippen molar-refractivity contribution in [2.24, 2.45) is 5.92 Å². The molecule has 2 N–H and O–H groups in total. The van der Waals surface area contributed by atoms with Gasteiger partial charge in [0.25, 0.3) is 5.91 Å². The molecule has 1 aliphatic carbocycles. The highest BCUT2D eigenvalue weighted by Crippen LogP contribution is 2.41. The quantitative estimate of drug-likeness (QED) is 0.634. The molecular formula is C21H25ClN2O5S. The number of hydrogen-bond acceptors (Lipinski definition) is 6. The average Bonchev–Trinajstić information content (AvgIpc) is 3.10. The van der Waals surface area contributed by atoms with Gasteiger partial charge in [-0.2, -0.15) is 0 Å². The monoisotopic (exact) mass is 452 g/mol. The van der Waals surface area contributed by atoms with E-state index < -0.39 is 23.6 Å². The number of aliphatic hydroxyl groups is 1. The van der Waals surface area contributed by atoms with Crippen LogP contribution in [0.15, 0.2) is 29.5 Å². The summed E-state index contributed by atoms with van der Waals surface area (Å²) in [6, 6.07) is 4.60. The van der Waals surface area contributed by atoms with Crippen molar-refractivity contribution in [1.82, 2.24) is 4.90 Å². The fraction of sp³-hybridized carbons (Fsp3) is 0.476. The van der Waals surface area contributed by atoms with Gasteiger partial charge in [0.15, 0.2) is 5.75 Å². The zero-order chi connectivity index (χ0) is 22.2. The van der Waals surface area contributed by atoms with Gasteiger partial charge in [-0.25, -0.2) is 9.69 Å². The third kappa shape index (κ3) is 4.25. The third-order valence-corrected chi connectivity index (χ3v) is 5.69. The molecule has 2 atom stereocenters. The number of aliphatic hydroxyl groups excluding tert-OH is 1. The molecule has 1 aliphatic heterocycles. The number of anilines is 1. The van der Waals surface area contributed by atoms with E-state index in [0.29, 0.717) is 29.3 Å². The van der Waals surface area contributed by atoms with Gasteiger partial charge in [0.1, 0.15) is 21.9 Å². The number of nitrogens with one attached hydrogen (secondary N) is 1. The van der Waals surface area contributed by atoms with E-state index in [0.717, 1.165) is 11.3 Å². The summed E-state index contributed by atoms with van der Waals surface area (Å²) in [7, 11) is 1.46. The number of ether oxygens (including phenoxy) is 2. The Morgan fingerprint density at radius 1 is 1.33 bits per heavy atom. The second kappa shape index (κ2) is 8.43. The summed E-state index contributed by atoms with van der Waals surface area (Å²) in [5.41, 5.74) is -0.427. The van der Waals surface area contributed by atoms with E-state index in [1.807, 2.05) is 0 Å². The summed E-state index contributed by atoms with van der Waals surface area (Å²) >= 11 is 11.6. The van der Waals surface area contributed by atoms with Crippen LogP contribution in [0.3, 0.4) is 0 Å². The van der Waals surface area contributed by atoms with Crippen LogP contribution in [0.1, 0.15) is 40.0 Å². The summed E-state index contributed by atoms with van der Waals surface area (Å²) < 4.78 is 10.7. The number of methoxy groups -OCH3 is 1. The number of amides is 2. The molecule has 0 radical (unpaired) electrons. The van der Waals surface area contributed by atoms with Crippen molar-refractivity contribution in [3.05, 3.63) is 34.6 Å². The number of carbonyl (C=O) groups is 2. The van der Waals surface area contributed by atoms with Crippen LogP contribution >= 0.6 is 23.8 Å². The summed E-state index contributed by atoms with van der Waals surface area (Å²) in [6.07, 6.45) is 1.30. The topological polar surface area (TPSA) is 88.1 Å². The first-order chi connectivity index (χ1) is 14.0. The Bertz CT molecular complexity index is 924. The van der Waals surface area contributed by atoms with Crippen molar-refractivity contribution >= 4 is 46.5 Å². The van der Waals surface area contributed by atoms with Crippen LogP contribution in [0.2, 0.25) is 5.02 Å². The van der Waals surface area contributed by atoms with Gasteiger partial charge in [0, 0.05) is 5.92 Å². The van der Waals surface area contributed by atoms with E-state index in [9.17, 15) is 14.7 Å². The fourth-order valence-corrected chi connectivity index (χ4v) is 4.43. The molecule has 0 bridgehead atoms. The zero-order valence-electron chi connectivity index (χ0n) is 17.3. The SMILES string of the molecule is COc1c(Cl)cccc1NC(=S)C1=C(O)[C@H]2CCC[C@H]2N(C(=O)OC(C)(C)C)C1=O. The maximum Gasteiger partial charge on any atom is 0.417 e. The first-order valence-corrected chi connectivity index (χ1v) is 10.5. The Kier molecular flexibility index (Phi) is 6.29. The number of thiocarbonyl (C=S) groups is 1. The zero-order valence-corrected chi connectivity index (χ0v) is 18.9. The lowest BCUT2D eigenvalue weighted by atomic mass is 9.91. The van der Waals surface area contributed by atoms with E-state index in [-0.39, 0.29) is 22.2 Å². The third-order valence-electron chi connectivity index (χ3n) is 5.09.